The van der Waals surface area contributed by atoms with Crippen LogP contribution >= 0.6 is 11.6 Å². The molecule has 0 spiro atoms. The maximum Gasteiger partial charge on any atom is 0.243 e. The number of rotatable bonds is 5. The van der Waals surface area contributed by atoms with Crippen molar-refractivity contribution >= 4 is 27.5 Å². The van der Waals surface area contributed by atoms with Crippen molar-refractivity contribution < 1.29 is 13.2 Å². The second-order valence-electron chi connectivity index (χ2n) is 7.95. The van der Waals surface area contributed by atoms with Crippen LogP contribution in [0.1, 0.15) is 39.5 Å². The third-order valence-corrected chi connectivity index (χ3v) is 8.20. The van der Waals surface area contributed by atoms with Gasteiger partial charge in [0, 0.05) is 37.2 Å². The van der Waals surface area contributed by atoms with Crippen molar-refractivity contribution in [3.8, 4) is 0 Å². The molecule has 1 amide bonds. The Labute approximate surface area is 173 Å². The van der Waals surface area contributed by atoms with E-state index in [2.05, 4.69) is 17.1 Å². The largest absolute Gasteiger partial charge is 0.352 e. The first-order valence-electron chi connectivity index (χ1n) is 10.1. The van der Waals surface area contributed by atoms with Crippen molar-refractivity contribution in [2.45, 2.75) is 56.5 Å². The summed E-state index contributed by atoms with van der Waals surface area (Å²) in [4.78, 5) is 15.0. The predicted molar refractivity (Wildman–Crippen MR) is 111 cm³/mol. The van der Waals surface area contributed by atoms with E-state index in [1.54, 1.807) is 18.2 Å². The molecule has 28 heavy (non-hydrogen) atoms. The monoisotopic (exact) mass is 427 g/mol. The highest BCUT2D eigenvalue weighted by molar-refractivity contribution is 7.89. The zero-order valence-corrected chi connectivity index (χ0v) is 18.2. The number of sulfonamides is 1. The first-order valence-corrected chi connectivity index (χ1v) is 11.9. The Kier molecular flexibility index (Phi) is 7.02. The summed E-state index contributed by atoms with van der Waals surface area (Å²) in [7, 11) is -3.56. The second-order valence-corrected chi connectivity index (χ2v) is 10.3. The van der Waals surface area contributed by atoms with Gasteiger partial charge in [-0.2, -0.15) is 4.31 Å². The van der Waals surface area contributed by atoms with E-state index in [1.165, 1.54) is 29.6 Å². The number of amides is 1. The molecule has 1 saturated carbocycles. The molecule has 1 saturated heterocycles. The highest BCUT2D eigenvalue weighted by Gasteiger charge is 2.33. The summed E-state index contributed by atoms with van der Waals surface area (Å²) in [5.74, 6) is 0.564. The lowest BCUT2D eigenvalue weighted by atomic mass is 9.86. The maximum atomic E-state index is 12.8. The van der Waals surface area contributed by atoms with Gasteiger partial charge < -0.3 is 5.32 Å². The van der Waals surface area contributed by atoms with E-state index in [1.807, 2.05) is 6.92 Å². The van der Waals surface area contributed by atoms with Crippen LogP contribution in [0.15, 0.2) is 29.2 Å². The maximum absolute atomic E-state index is 12.8. The molecule has 0 aromatic heterocycles. The van der Waals surface area contributed by atoms with Gasteiger partial charge in [0.25, 0.3) is 0 Å². The number of hydrogen-bond acceptors (Lipinski definition) is 4. The summed E-state index contributed by atoms with van der Waals surface area (Å²) < 4.78 is 27.1. The molecule has 0 bridgehead atoms. The van der Waals surface area contributed by atoms with Crippen LogP contribution in [0, 0.1) is 5.92 Å². The van der Waals surface area contributed by atoms with E-state index in [0.717, 1.165) is 6.42 Å². The topological polar surface area (TPSA) is 69.7 Å². The Hall–Kier alpha value is -1.15. The molecule has 6 nitrogen and oxygen atoms in total. The summed E-state index contributed by atoms with van der Waals surface area (Å²) in [6, 6.07) is 6.34. The Balaban J connectivity index is 1.56. The number of halogens is 1. The predicted octanol–water partition coefficient (Wildman–Crippen LogP) is 2.73. The number of piperazine rings is 1. The summed E-state index contributed by atoms with van der Waals surface area (Å²) >= 11 is 5.94. The van der Waals surface area contributed by atoms with Crippen LogP contribution in [0.3, 0.4) is 0 Å². The first-order chi connectivity index (χ1) is 13.3. The number of carbonyl (C=O) groups is 1. The summed E-state index contributed by atoms with van der Waals surface area (Å²) in [5.41, 5.74) is 0. The van der Waals surface area contributed by atoms with Gasteiger partial charge in [0.1, 0.15) is 0 Å². The van der Waals surface area contributed by atoms with E-state index >= 15 is 0 Å². The molecule has 1 heterocycles. The molecule has 0 unspecified atom stereocenters. The normalized spacial score (nSPS) is 26.0. The zero-order chi connectivity index (χ0) is 20.3. The minimum atomic E-state index is -3.56. The van der Waals surface area contributed by atoms with Crippen LogP contribution in [0.2, 0.25) is 5.02 Å². The van der Waals surface area contributed by atoms with E-state index in [-0.39, 0.29) is 22.9 Å². The van der Waals surface area contributed by atoms with Crippen LogP contribution in [0.4, 0.5) is 0 Å². The lowest BCUT2D eigenvalue weighted by molar-refractivity contribution is -0.127. The Morgan fingerprint density at radius 3 is 2.50 bits per heavy atom. The smallest absolute Gasteiger partial charge is 0.243 e. The molecular weight excluding hydrogens is 398 g/mol. The average Bonchev–Trinajstić information content (AvgIpc) is 2.69. The molecule has 3 atom stereocenters. The van der Waals surface area contributed by atoms with Gasteiger partial charge in [-0.15, -0.1) is 0 Å². The van der Waals surface area contributed by atoms with Gasteiger partial charge in [0.15, 0.2) is 0 Å². The molecule has 8 heteroatoms. The molecule has 156 valence electrons. The van der Waals surface area contributed by atoms with Gasteiger partial charge in [0.2, 0.25) is 15.9 Å². The summed E-state index contributed by atoms with van der Waals surface area (Å²) in [5, 5.41) is 3.62. The molecule has 1 N–H and O–H groups in total. The molecular formula is C20H30ClN3O3S. The van der Waals surface area contributed by atoms with E-state index in [4.69, 9.17) is 11.6 Å². The van der Waals surface area contributed by atoms with E-state index in [9.17, 15) is 13.2 Å². The fraction of sp³-hybridized carbons (Fsp3) is 0.650. The highest BCUT2D eigenvalue weighted by Crippen LogP contribution is 2.24. The number of benzene rings is 1. The van der Waals surface area contributed by atoms with Crippen molar-refractivity contribution in [3.05, 3.63) is 29.3 Å². The van der Waals surface area contributed by atoms with Gasteiger partial charge in [0.05, 0.1) is 10.9 Å². The van der Waals surface area contributed by atoms with Crippen molar-refractivity contribution in [1.82, 2.24) is 14.5 Å². The molecule has 1 aliphatic carbocycles. The summed E-state index contributed by atoms with van der Waals surface area (Å²) in [6.07, 6.45) is 4.63. The molecule has 2 aliphatic rings. The van der Waals surface area contributed by atoms with Gasteiger partial charge in [-0.3, -0.25) is 9.69 Å². The standard InChI is InChI=1S/C20H30ClN3O3S/c1-15-6-3-4-9-19(15)22-20(25)16(2)23-10-12-24(13-11-23)28(26,27)18-8-5-7-17(21)14-18/h5,7-8,14-16,19H,3-4,6,9-13H2,1-2H3,(H,22,25)/t15-,16-,19+/m1/s1. The van der Waals surface area contributed by atoms with Crippen LogP contribution in [0.25, 0.3) is 0 Å². The molecule has 1 aromatic carbocycles. The zero-order valence-electron chi connectivity index (χ0n) is 16.6. The summed E-state index contributed by atoms with van der Waals surface area (Å²) in [6.45, 7) is 5.92. The van der Waals surface area contributed by atoms with Crippen LogP contribution < -0.4 is 5.32 Å². The van der Waals surface area contributed by atoms with Gasteiger partial charge in [-0.1, -0.05) is 37.4 Å². The van der Waals surface area contributed by atoms with E-state index < -0.39 is 10.0 Å². The first kappa shape index (κ1) is 21.6. The molecule has 1 aliphatic heterocycles. The highest BCUT2D eigenvalue weighted by atomic mass is 35.5. The number of carbonyl (C=O) groups excluding carboxylic acids is 1. The van der Waals surface area contributed by atoms with Crippen molar-refractivity contribution in [1.29, 1.82) is 0 Å². The number of nitrogens with one attached hydrogen (secondary N) is 1. The van der Waals surface area contributed by atoms with Crippen LogP contribution in [-0.2, 0) is 14.8 Å². The van der Waals surface area contributed by atoms with Crippen molar-refractivity contribution in [2.75, 3.05) is 26.2 Å². The van der Waals surface area contributed by atoms with Gasteiger partial charge >= 0.3 is 0 Å². The Bertz CT molecular complexity index is 794. The van der Waals surface area contributed by atoms with Crippen molar-refractivity contribution in [2.24, 2.45) is 5.92 Å². The lowest BCUT2D eigenvalue weighted by Gasteiger charge is -2.38. The molecule has 1 aromatic rings. The number of nitrogens with zero attached hydrogens (tertiary/aromatic N) is 2. The third-order valence-electron chi connectivity index (χ3n) is 6.07. The van der Waals surface area contributed by atoms with Crippen LogP contribution in [0.5, 0.6) is 0 Å². The lowest BCUT2D eigenvalue weighted by Crippen LogP contribution is -2.56. The SMILES string of the molecule is C[C@@H]1CCCC[C@@H]1NC(=O)[C@@H](C)N1CCN(S(=O)(=O)c2cccc(Cl)c2)CC1. The molecule has 0 radical (unpaired) electrons. The van der Waals surface area contributed by atoms with Crippen molar-refractivity contribution in [3.63, 3.8) is 0 Å². The quantitative estimate of drug-likeness (QED) is 0.784. The minimum absolute atomic E-state index is 0.0462. The second kappa shape index (κ2) is 9.11. The Morgan fingerprint density at radius 1 is 1.18 bits per heavy atom. The minimum Gasteiger partial charge on any atom is -0.352 e. The Morgan fingerprint density at radius 2 is 1.86 bits per heavy atom. The number of hydrogen-bond donors (Lipinski definition) is 1. The van der Waals surface area contributed by atoms with Gasteiger partial charge in [-0.25, -0.2) is 8.42 Å². The fourth-order valence-corrected chi connectivity index (χ4v) is 5.83. The molecule has 2 fully saturated rings. The third kappa shape index (κ3) is 4.87. The van der Waals surface area contributed by atoms with Gasteiger partial charge in [-0.05, 0) is 43.9 Å². The fourth-order valence-electron chi connectivity index (χ4n) is 4.11. The molecule has 3 rings (SSSR count). The average molecular weight is 428 g/mol. The van der Waals surface area contributed by atoms with E-state index in [0.29, 0.717) is 37.1 Å². The van der Waals surface area contributed by atoms with Crippen LogP contribution in [-0.4, -0.2) is 61.8 Å².